The van der Waals surface area contributed by atoms with Crippen molar-refractivity contribution >= 4 is 0 Å². The Labute approximate surface area is 129 Å². The highest BCUT2D eigenvalue weighted by Crippen LogP contribution is 2.47. The SMILES string of the molecule is CCCCCCCC(C)C(C)CC1CC1CCCCC. The van der Waals surface area contributed by atoms with Crippen LogP contribution in [0.3, 0.4) is 0 Å². The Bertz CT molecular complexity index is 220. The van der Waals surface area contributed by atoms with E-state index in [1.54, 1.807) is 6.42 Å². The molecule has 0 aromatic carbocycles. The second-order valence-corrected chi connectivity index (χ2v) is 7.64. The van der Waals surface area contributed by atoms with Crippen LogP contribution in [0.4, 0.5) is 0 Å². The van der Waals surface area contributed by atoms with Crippen molar-refractivity contribution in [3.05, 3.63) is 0 Å². The zero-order valence-corrected chi connectivity index (χ0v) is 14.8. The first-order chi connectivity index (χ1) is 9.69. The summed E-state index contributed by atoms with van der Waals surface area (Å²) in [5.41, 5.74) is 0. The highest BCUT2D eigenvalue weighted by atomic mass is 14.4. The van der Waals surface area contributed by atoms with E-state index in [1.807, 2.05) is 0 Å². The Balaban J connectivity index is 2.00. The van der Waals surface area contributed by atoms with Gasteiger partial charge in [-0.25, -0.2) is 0 Å². The molecular formula is C20H40. The van der Waals surface area contributed by atoms with Crippen LogP contribution < -0.4 is 0 Å². The van der Waals surface area contributed by atoms with Gasteiger partial charge < -0.3 is 0 Å². The van der Waals surface area contributed by atoms with Crippen molar-refractivity contribution < 1.29 is 0 Å². The fourth-order valence-electron chi connectivity index (χ4n) is 3.67. The second-order valence-electron chi connectivity index (χ2n) is 7.64. The summed E-state index contributed by atoms with van der Waals surface area (Å²) in [7, 11) is 0. The molecule has 1 rings (SSSR count). The molecule has 4 atom stereocenters. The van der Waals surface area contributed by atoms with Crippen LogP contribution in [0.25, 0.3) is 0 Å². The molecule has 0 aliphatic heterocycles. The van der Waals surface area contributed by atoms with Crippen molar-refractivity contribution in [1.29, 1.82) is 0 Å². The summed E-state index contributed by atoms with van der Waals surface area (Å²) in [4.78, 5) is 0. The number of rotatable bonds is 13. The Morgan fingerprint density at radius 2 is 1.40 bits per heavy atom. The summed E-state index contributed by atoms with van der Waals surface area (Å²) in [6.45, 7) is 9.63. The van der Waals surface area contributed by atoms with Gasteiger partial charge in [0, 0.05) is 0 Å². The third kappa shape index (κ3) is 7.70. The molecule has 0 aromatic rings. The molecule has 4 unspecified atom stereocenters. The fraction of sp³-hybridized carbons (Fsp3) is 1.00. The van der Waals surface area contributed by atoms with Gasteiger partial charge in [-0.1, -0.05) is 91.9 Å². The quantitative estimate of drug-likeness (QED) is 0.312. The zero-order valence-electron chi connectivity index (χ0n) is 14.8. The molecule has 1 aliphatic carbocycles. The molecule has 1 saturated carbocycles. The van der Waals surface area contributed by atoms with Gasteiger partial charge in [-0.2, -0.15) is 0 Å². The smallest absolute Gasteiger partial charge is 0.0380 e. The van der Waals surface area contributed by atoms with Crippen molar-refractivity contribution in [1.82, 2.24) is 0 Å². The first kappa shape index (κ1) is 18.1. The highest BCUT2D eigenvalue weighted by molar-refractivity contribution is 4.87. The van der Waals surface area contributed by atoms with E-state index in [0.29, 0.717) is 0 Å². The molecule has 0 heterocycles. The van der Waals surface area contributed by atoms with Gasteiger partial charge in [0.2, 0.25) is 0 Å². The van der Waals surface area contributed by atoms with Gasteiger partial charge in [-0.15, -0.1) is 0 Å². The van der Waals surface area contributed by atoms with Crippen molar-refractivity contribution in [2.24, 2.45) is 23.7 Å². The summed E-state index contributed by atoms with van der Waals surface area (Å²) in [5, 5.41) is 0. The van der Waals surface area contributed by atoms with Gasteiger partial charge in [-0.3, -0.25) is 0 Å². The summed E-state index contributed by atoms with van der Waals surface area (Å²) < 4.78 is 0. The van der Waals surface area contributed by atoms with Crippen LogP contribution in [0.2, 0.25) is 0 Å². The second kappa shape index (κ2) is 10.7. The lowest BCUT2D eigenvalue weighted by Gasteiger charge is -2.20. The van der Waals surface area contributed by atoms with Crippen LogP contribution in [0, 0.1) is 23.7 Å². The molecule has 0 bridgehead atoms. The van der Waals surface area contributed by atoms with E-state index in [0.717, 1.165) is 23.7 Å². The van der Waals surface area contributed by atoms with Crippen molar-refractivity contribution in [3.8, 4) is 0 Å². The first-order valence-corrected chi connectivity index (χ1v) is 9.69. The van der Waals surface area contributed by atoms with Crippen LogP contribution in [0.5, 0.6) is 0 Å². The Morgan fingerprint density at radius 3 is 2.10 bits per heavy atom. The summed E-state index contributed by atoms with van der Waals surface area (Å²) in [6, 6.07) is 0. The molecule has 20 heavy (non-hydrogen) atoms. The maximum Gasteiger partial charge on any atom is -0.0380 e. The monoisotopic (exact) mass is 280 g/mol. The fourth-order valence-corrected chi connectivity index (χ4v) is 3.67. The number of hydrogen-bond acceptors (Lipinski definition) is 0. The highest BCUT2D eigenvalue weighted by Gasteiger charge is 2.37. The van der Waals surface area contributed by atoms with Crippen LogP contribution in [0.1, 0.15) is 105 Å². The van der Waals surface area contributed by atoms with Gasteiger partial charge >= 0.3 is 0 Å². The van der Waals surface area contributed by atoms with E-state index in [1.165, 1.54) is 70.6 Å². The van der Waals surface area contributed by atoms with Gasteiger partial charge in [0.1, 0.15) is 0 Å². The largest absolute Gasteiger partial charge is 0.0654 e. The Morgan fingerprint density at radius 1 is 0.750 bits per heavy atom. The molecule has 0 heteroatoms. The normalized spacial score (nSPS) is 24.6. The van der Waals surface area contributed by atoms with E-state index in [4.69, 9.17) is 0 Å². The molecule has 0 radical (unpaired) electrons. The standard InChI is InChI=1S/C20H40/c1-5-7-9-10-12-13-17(3)18(4)15-20-16-19(20)14-11-8-6-2/h17-20H,5-16H2,1-4H3. The number of unbranched alkanes of at least 4 members (excludes halogenated alkanes) is 6. The molecule has 0 spiro atoms. The average Bonchev–Trinajstić information content (AvgIpc) is 3.16. The Kier molecular flexibility index (Phi) is 9.65. The molecule has 1 aliphatic rings. The van der Waals surface area contributed by atoms with Gasteiger partial charge in [0.15, 0.2) is 0 Å². The van der Waals surface area contributed by atoms with E-state index >= 15 is 0 Å². The van der Waals surface area contributed by atoms with Crippen molar-refractivity contribution in [2.75, 3.05) is 0 Å². The minimum Gasteiger partial charge on any atom is -0.0654 e. The molecule has 120 valence electrons. The molecule has 1 fully saturated rings. The van der Waals surface area contributed by atoms with E-state index in [2.05, 4.69) is 27.7 Å². The summed E-state index contributed by atoms with van der Waals surface area (Å²) in [5.74, 6) is 4.13. The summed E-state index contributed by atoms with van der Waals surface area (Å²) >= 11 is 0. The lowest BCUT2D eigenvalue weighted by molar-refractivity contribution is 0.313. The van der Waals surface area contributed by atoms with Crippen molar-refractivity contribution in [3.63, 3.8) is 0 Å². The predicted octanol–water partition coefficient (Wildman–Crippen LogP) is 7.23. The van der Waals surface area contributed by atoms with Gasteiger partial charge in [0.25, 0.3) is 0 Å². The van der Waals surface area contributed by atoms with Crippen LogP contribution in [0.15, 0.2) is 0 Å². The topological polar surface area (TPSA) is 0 Å². The Hall–Kier alpha value is 0. The molecule has 0 aromatic heterocycles. The molecule has 0 nitrogen and oxygen atoms in total. The lowest BCUT2D eigenvalue weighted by atomic mass is 9.86. The van der Waals surface area contributed by atoms with Crippen molar-refractivity contribution in [2.45, 2.75) is 105 Å². The predicted molar refractivity (Wildman–Crippen MR) is 92.1 cm³/mol. The minimum atomic E-state index is 0.952. The van der Waals surface area contributed by atoms with Crippen LogP contribution in [-0.2, 0) is 0 Å². The molecule has 0 saturated heterocycles. The average molecular weight is 281 g/mol. The first-order valence-electron chi connectivity index (χ1n) is 9.69. The third-order valence-corrected chi connectivity index (χ3v) is 5.66. The summed E-state index contributed by atoms with van der Waals surface area (Å²) in [6.07, 6.45) is 17.6. The molecule has 0 amide bonds. The van der Waals surface area contributed by atoms with Crippen LogP contribution >= 0.6 is 0 Å². The number of hydrogen-bond donors (Lipinski definition) is 0. The maximum atomic E-state index is 2.51. The lowest BCUT2D eigenvalue weighted by Crippen LogP contribution is -2.09. The van der Waals surface area contributed by atoms with E-state index in [9.17, 15) is 0 Å². The van der Waals surface area contributed by atoms with E-state index < -0.39 is 0 Å². The van der Waals surface area contributed by atoms with Crippen LogP contribution in [-0.4, -0.2) is 0 Å². The third-order valence-electron chi connectivity index (χ3n) is 5.66. The minimum absolute atomic E-state index is 0.952. The van der Waals surface area contributed by atoms with E-state index in [-0.39, 0.29) is 0 Å². The van der Waals surface area contributed by atoms with Gasteiger partial charge in [0.05, 0.1) is 0 Å². The molecule has 0 N–H and O–H groups in total. The van der Waals surface area contributed by atoms with Gasteiger partial charge in [-0.05, 0) is 36.5 Å². The zero-order chi connectivity index (χ0) is 14.8. The maximum absolute atomic E-state index is 2.51. The molecular weight excluding hydrogens is 240 g/mol.